The summed E-state index contributed by atoms with van der Waals surface area (Å²) in [5.41, 5.74) is 1.83. The molecule has 1 heterocycles. The fourth-order valence-corrected chi connectivity index (χ4v) is 3.59. The largest absolute Gasteiger partial charge is 0.497 e. The van der Waals surface area contributed by atoms with E-state index in [1.54, 1.807) is 32.4 Å². The standard InChI is InChI=1S/C22H27FN2O3/c1-27-20-12-19(13-21(14-20)28-2)24-22(26)15-25-9-7-17(8-10-25)11-16-3-5-18(23)6-4-16/h3-6,12-14,17H,7-11,15H2,1-2H3,(H,24,26). The van der Waals surface area contributed by atoms with E-state index in [-0.39, 0.29) is 11.7 Å². The van der Waals surface area contributed by atoms with Crippen LogP contribution >= 0.6 is 0 Å². The molecule has 28 heavy (non-hydrogen) atoms. The number of hydrogen-bond donors (Lipinski definition) is 1. The monoisotopic (exact) mass is 386 g/mol. The van der Waals surface area contributed by atoms with E-state index >= 15 is 0 Å². The molecule has 1 fully saturated rings. The first-order chi connectivity index (χ1) is 13.6. The average molecular weight is 386 g/mol. The Morgan fingerprint density at radius 1 is 1.07 bits per heavy atom. The van der Waals surface area contributed by atoms with Crippen LogP contribution in [0.1, 0.15) is 18.4 Å². The fourth-order valence-electron chi connectivity index (χ4n) is 3.59. The van der Waals surface area contributed by atoms with E-state index in [9.17, 15) is 9.18 Å². The molecule has 150 valence electrons. The predicted octanol–water partition coefficient (Wildman–Crippen LogP) is 3.74. The number of piperidine rings is 1. The zero-order chi connectivity index (χ0) is 19.9. The van der Waals surface area contributed by atoms with Gasteiger partial charge in [-0.2, -0.15) is 0 Å². The molecular formula is C22H27FN2O3. The Morgan fingerprint density at radius 3 is 2.25 bits per heavy atom. The number of carbonyl (C=O) groups is 1. The molecule has 1 aliphatic heterocycles. The minimum absolute atomic E-state index is 0.0488. The van der Waals surface area contributed by atoms with Crippen LogP contribution in [-0.2, 0) is 11.2 Å². The van der Waals surface area contributed by atoms with Gasteiger partial charge in [0.1, 0.15) is 17.3 Å². The van der Waals surface area contributed by atoms with Crippen molar-refractivity contribution >= 4 is 11.6 Å². The smallest absolute Gasteiger partial charge is 0.238 e. The lowest BCUT2D eigenvalue weighted by Gasteiger charge is -2.31. The van der Waals surface area contributed by atoms with E-state index in [2.05, 4.69) is 10.2 Å². The normalized spacial score (nSPS) is 15.2. The maximum atomic E-state index is 13.0. The van der Waals surface area contributed by atoms with Crippen LogP contribution in [0.2, 0.25) is 0 Å². The van der Waals surface area contributed by atoms with Crippen LogP contribution in [0.25, 0.3) is 0 Å². The summed E-state index contributed by atoms with van der Waals surface area (Å²) in [6, 6.07) is 12.1. The number of likely N-dealkylation sites (tertiary alicyclic amines) is 1. The van der Waals surface area contributed by atoms with Crippen molar-refractivity contribution in [1.29, 1.82) is 0 Å². The van der Waals surface area contributed by atoms with Gasteiger partial charge in [-0.05, 0) is 56.0 Å². The maximum absolute atomic E-state index is 13.0. The third-order valence-electron chi connectivity index (χ3n) is 5.15. The minimum atomic E-state index is -0.196. The Bertz CT molecular complexity index is 765. The van der Waals surface area contributed by atoms with Gasteiger partial charge in [-0.3, -0.25) is 9.69 Å². The van der Waals surface area contributed by atoms with Gasteiger partial charge in [0.05, 0.1) is 20.8 Å². The average Bonchev–Trinajstić information content (AvgIpc) is 2.70. The molecule has 0 atom stereocenters. The molecule has 3 rings (SSSR count). The van der Waals surface area contributed by atoms with Gasteiger partial charge in [0.2, 0.25) is 5.91 Å². The Hall–Kier alpha value is -2.60. The van der Waals surface area contributed by atoms with E-state index in [0.717, 1.165) is 32.4 Å². The molecule has 2 aromatic rings. The number of hydrogen-bond acceptors (Lipinski definition) is 4. The van der Waals surface area contributed by atoms with Gasteiger partial charge in [-0.25, -0.2) is 4.39 Å². The number of anilines is 1. The highest BCUT2D eigenvalue weighted by Crippen LogP contribution is 2.26. The lowest BCUT2D eigenvalue weighted by Crippen LogP contribution is -2.39. The van der Waals surface area contributed by atoms with Crippen LogP contribution in [0.3, 0.4) is 0 Å². The molecule has 0 saturated carbocycles. The Morgan fingerprint density at radius 2 is 1.68 bits per heavy atom. The van der Waals surface area contributed by atoms with E-state index < -0.39 is 0 Å². The van der Waals surface area contributed by atoms with Crippen molar-refractivity contribution in [2.24, 2.45) is 5.92 Å². The first kappa shape index (κ1) is 20.1. The summed E-state index contributed by atoms with van der Waals surface area (Å²) >= 11 is 0. The molecule has 0 radical (unpaired) electrons. The maximum Gasteiger partial charge on any atom is 0.238 e. The Balaban J connectivity index is 1.46. The van der Waals surface area contributed by atoms with Gasteiger partial charge in [-0.15, -0.1) is 0 Å². The van der Waals surface area contributed by atoms with Crippen molar-refractivity contribution in [1.82, 2.24) is 4.90 Å². The number of methoxy groups -OCH3 is 2. The summed E-state index contributed by atoms with van der Waals surface area (Å²) in [5.74, 6) is 1.60. The second kappa shape index (κ2) is 9.55. The molecule has 1 amide bonds. The highest BCUT2D eigenvalue weighted by molar-refractivity contribution is 5.92. The van der Waals surface area contributed by atoms with Crippen molar-refractivity contribution in [2.75, 3.05) is 39.2 Å². The summed E-state index contributed by atoms with van der Waals surface area (Å²) in [7, 11) is 3.16. The van der Waals surface area contributed by atoms with Gasteiger partial charge in [0.25, 0.3) is 0 Å². The van der Waals surface area contributed by atoms with Gasteiger partial charge >= 0.3 is 0 Å². The van der Waals surface area contributed by atoms with Gasteiger partial charge < -0.3 is 14.8 Å². The van der Waals surface area contributed by atoms with Crippen LogP contribution in [0.15, 0.2) is 42.5 Å². The molecule has 1 N–H and O–H groups in total. The number of nitrogens with one attached hydrogen (secondary N) is 1. The van der Waals surface area contributed by atoms with Crippen molar-refractivity contribution < 1.29 is 18.7 Å². The van der Waals surface area contributed by atoms with E-state index in [4.69, 9.17) is 9.47 Å². The van der Waals surface area contributed by atoms with Crippen molar-refractivity contribution in [3.05, 3.63) is 53.8 Å². The summed E-state index contributed by atoms with van der Waals surface area (Å²) in [4.78, 5) is 14.6. The van der Waals surface area contributed by atoms with Crippen LogP contribution in [0.4, 0.5) is 10.1 Å². The Kier molecular flexibility index (Phi) is 6.87. The highest BCUT2D eigenvalue weighted by atomic mass is 19.1. The van der Waals surface area contributed by atoms with Crippen LogP contribution in [0, 0.1) is 11.7 Å². The third kappa shape index (κ3) is 5.70. The van der Waals surface area contributed by atoms with Crippen LogP contribution < -0.4 is 14.8 Å². The van der Waals surface area contributed by atoms with Gasteiger partial charge in [-0.1, -0.05) is 12.1 Å². The van der Waals surface area contributed by atoms with Crippen LogP contribution in [-0.4, -0.2) is 44.7 Å². The second-order valence-electron chi connectivity index (χ2n) is 7.20. The molecule has 1 aliphatic rings. The first-order valence-corrected chi connectivity index (χ1v) is 9.55. The molecule has 2 aromatic carbocycles. The van der Waals surface area contributed by atoms with Crippen molar-refractivity contribution in [3.63, 3.8) is 0 Å². The number of amides is 1. The highest BCUT2D eigenvalue weighted by Gasteiger charge is 2.21. The molecular weight excluding hydrogens is 359 g/mol. The summed E-state index contributed by atoms with van der Waals surface area (Å²) in [6.45, 7) is 2.14. The van der Waals surface area contributed by atoms with E-state index in [1.165, 1.54) is 17.7 Å². The number of rotatable bonds is 7. The summed E-state index contributed by atoms with van der Waals surface area (Å²) in [5, 5.41) is 2.92. The Labute approximate surface area is 165 Å². The predicted molar refractivity (Wildman–Crippen MR) is 107 cm³/mol. The van der Waals surface area contributed by atoms with Gasteiger partial charge in [0.15, 0.2) is 0 Å². The summed E-state index contributed by atoms with van der Waals surface area (Å²) in [6.07, 6.45) is 3.04. The zero-order valence-electron chi connectivity index (χ0n) is 16.4. The molecule has 6 heteroatoms. The molecule has 0 spiro atoms. The SMILES string of the molecule is COc1cc(NC(=O)CN2CCC(Cc3ccc(F)cc3)CC2)cc(OC)c1. The number of nitrogens with zero attached hydrogens (tertiary/aromatic N) is 1. The zero-order valence-corrected chi connectivity index (χ0v) is 16.4. The second-order valence-corrected chi connectivity index (χ2v) is 7.20. The number of carbonyl (C=O) groups excluding carboxylic acids is 1. The molecule has 0 aliphatic carbocycles. The van der Waals surface area contributed by atoms with Crippen molar-refractivity contribution in [2.45, 2.75) is 19.3 Å². The van der Waals surface area contributed by atoms with E-state index in [1.807, 2.05) is 12.1 Å². The minimum Gasteiger partial charge on any atom is -0.497 e. The quantitative estimate of drug-likeness (QED) is 0.788. The lowest BCUT2D eigenvalue weighted by atomic mass is 9.90. The number of halogens is 1. The molecule has 0 unspecified atom stereocenters. The molecule has 5 nitrogen and oxygen atoms in total. The molecule has 0 aromatic heterocycles. The number of ether oxygens (including phenoxy) is 2. The lowest BCUT2D eigenvalue weighted by molar-refractivity contribution is -0.117. The summed E-state index contributed by atoms with van der Waals surface area (Å²) < 4.78 is 23.5. The van der Waals surface area contributed by atoms with Crippen LogP contribution in [0.5, 0.6) is 11.5 Å². The number of benzene rings is 2. The molecule has 0 bridgehead atoms. The van der Waals surface area contributed by atoms with Crippen molar-refractivity contribution in [3.8, 4) is 11.5 Å². The fraction of sp³-hybridized carbons (Fsp3) is 0.409. The van der Waals surface area contributed by atoms with Gasteiger partial charge in [0, 0.05) is 23.9 Å². The molecule has 1 saturated heterocycles. The third-order valence-corrected chi connectivity index (χ3v) is 5.15. The van der Waals surface area contributed by atoms with E-state index in [0.29, 0.717) is 29.6 Å². The topological polar surface area (TPSA) is 50.8 Å². The first-order valence-electron chi connectivity index (χ1n) is 9.55.